The fourth-order valence-electron chi connectivity index (χ4n) is 5.89. The summed E-state index contributed by atoms with van der Waals surface area (Å²) >= 11 is 0. The van der Waals surface area contributed by atoms with Crippen LogP contribution in [0.15, 0.2) is 12.3 Å². The second-order valence-electron chi connectivity index (χ2n) is 10.5. The Labute approximate surface area is 183 Å². The molecule has 0 aromatic carbocycles. The van der Waals surface area contributed by atoms with E-state index in [2.05, 4.69) is 28.8 Å². The maximum absolute atomic E-state index is 12.5. The van der Waals surface area contributed by atoms with Crippen molar-refractivity contribution in [3.05, 3.63) is 17.8 Å². The Bertz CT molecular complexity index is 1120. The van der Waals surface area contributed by atoms with Gasteiger partial charge in [0, 0.05) is 30.9 Å². The molecule has 1 saturated heterocycles. The molecule has 2 bridgehead atoms. The zero-order valence-electron chi connectivity index (χ0n) is 18.2. The molecule has 1 aliphatic heterocycles. The van der Waals surface area contributed by atoms with E-state index in [-0.39, 0.29) is 5.95 Å². The highest BCUT2D eigenvalue weighted by atomic mass is 32.2. The molecule has 3 heterocycles. The molecule has 8 nitrogen and oxygen atoms in total. The molecule has 4 aliphatic carbocycles. The van der Waals surface area contributed by atoms with E-state index in [4.69, 9.17) is 4.74 Å². The van der Waals surface area contributed by atoms with Gasteiger partial charge in [0.25, 0.3) is 0 Å². The highest BCUT2D eigenvalue weighted by molar-refractivity contribution is 7.90. The monoisotopic (exact) mass is 445 g/mol. The van der Waals surface area contributed by atoms with Crippen molar-refractivity contribution in [3.63, 3.8) is 0 Å². The molecule has 2 aromatic rings. The van der Waals surface area contributed by atoms with Crippen molar-refractivity contribution >= 4 is 21.8 Å². The van der Waals surface area contributed by atoms with Gasteiger partial charge in [-0.3, -0.25) is 4.40 Å². The zero-order valence-corrected chi connectivity index (χ0v) is 19.1. The molecular weight excluding hydrogens is 414 g/mol. The lowest BCUT2D eigenvalue weighted by Gasteiger charge is -2.60. The van der Waals surface area contributed by atoms with E-state index < -0.39 is 10.2 Å². The number of nitrogens with one attached hydrogen (secondary N) is 1. The van der Waals surface area contributed by atoms with Crippen LogP contribution in [0.3, 0.4) is 0 Å². The maximum Gasteiger partial charge on any atom is 0.303 e. The van der Waals surface area contributed by atoms with Crippen LogP contribution in [0.2, 0.25) is 0 Å². The van der Waals surface area contributed by atoms with E-state index in [0.717, 1.165) is 49.0 Å². The lowest BCUT2D eigenvalue weighted by Crippen LogP contribution is -2.53. The van der Waals surface area contributed by atoms with Gasteiger partial charge in [0.15, 0.2) is 5.65 Å². The summed E-state index contributed by atoms with van der Waals surface area (Å²) in [7, 11) is -3.57. The molecule has 5 aliphatic rings. The number of hydrogen-bond acceptors (Lipinski definition) is 5. The summed E-state index contributed by atoms with van der Waals surface area (Å²) < 4.78 is 37.2. The quantitative estimate of drug-likeness (QED) is 0.705. The van der Waals surface area contributed by atoms with Crippen molar-refractivity contribution in [3.8, 4) is 5.75 Å². The molecule has 3 atom stereocenters. The van der Waals surface area contributed by atoms with Crippen molar-refractivity contribution < 1.29 is 13.2 Å². The SMILES string of the molecule is CC1(C)[C@H]2CC[C@H](COc3cc4nnc(NS(=O)(=O)N5CCC5)n4cc3C3CC3)[C@@H]1C2. The number of rotatable bonds is 7. The van der Waals surface area contributed by atoms with E-state index in [1.165, 1.54) is 23.6 Å². The summed E-state index contributed by atoms with van der Waals surface area (Å²) in [5.74, 6) is 3.86. The van der Waals surface area contributed by atoms with Crippen LogP contribution in [0.25, 0.3) is 5.65 Å². The van der Waals surface area contributed by atoms with Crippen molar-refractivity contribution in [2.24, 2.45) is 23.2 Å². The fourth-order valence-corrected chi connectivity index (χ4v) is 7.13. The first-order chi connectivity index (χ1) is 14.8. The van der Waals surface area contributed by atoms with Gasteiger partial charge in [-0.1, -0.05) is 13.8 Å². The van der Waals surface area contributed by atoms with Gasteiger partial charge in [0.1, 0.15) is 5.75 Å². The summed E-state index contributed by atoms with van der Waals surface area (Å²) in [5, 5.41) is 8.33. The van der Waals surface area contributed by atoms with Crippen LogP contribution >= 0.6 is 0 Å². The zero-order chi connectivity index (χ0) is 21.4. The molecular formula is C22H31N5O3S. The lowest BCUT2D eigenvalue weighted by atomic mass is 9.46. The van der Waals surface area contributed by atoms with E-state index in [0.29, 0.717) is 36.0 Å². The first-order valence-corrected chi connectivity index (χ1v) is 13.1. The minimum absolute atomic E-state index is 0.241. The number of fused-ring (bicyclic) bond motifs is 3. The molecule has 4 saturated carbocycles. The lowest BCUT2D eigenvalue weighted by molar-refractivity contribution is -0.114. The number of ether oxygens (including phenoxy) is 1. The average molecular weight is 446 g/mol. The van der Waals surface area contributed by atoms with E-state index in [9.17, 15) is 8.42 Å². The normalized spacial score (nSPS) is 29.9. The minimum Gasteiger partial charge on any atom is -0.493 e. The number of hydrogen-bond donors (Lipinski definition) is 1. The Kier molecular flexibility index (Phi) is 4.35. The highest BCUT2D eigenvalue weighted by Crippen LogP contribution is 2.61. The van der Waals surface area contributed by atoms with Gasteiger partial charge >= 0.3 is 10.2 Å². The summed E-state index contributed by atoms with van der Waals surface area (Å²) in [6.45, 7) is 6.69. The predicted molar refractivity (Wildman–Crippen MR) is 117 cm³/mol. The Balaban J connectivity index is 1.25. The van der Waals surface area contributed by atoms with Crippen LogP contribution in [0.4, 0.5) is 5.95 Å². The van der Waals surface area contributed by atoms with Crippen LogP contribution in [0.5, 0.6) is 5.75 Å². The van der Waals surface area contributed by atoms with Gasteiger partial charge in [0.05, 0.1) is 6.61 Å². The van der Waals surface area contributed by atoms with Crippen molar-refractivity contribution in [2.45, 2.75) is 58.3 Å². The molecule has 7 rings (SSSR count). The van der Waals surface area contributed by atoms with Crippen LogP contribution < -0.4 is 9.46 Å². The van der Waals surface area contributed by atoms with Crippen LogP contribution in [-0.2, 0) is 10.2 Å². The van der Waals surface area contributed by atoms with Gasteiger partial charge in [-0.05, 0) is 67.6 Å². The number of pyridine rings is 1. The fraction of sp³-hybridized carbons (Fsp3) is 0.727. The van der Waals surface area contributed by atoms with E-state index in [1.807, 2.05) is 12.3 Å². The van der Waals surface area contributed by atoms with E-state index >= 15 is 0 Å². The van der Waals surface area contributed by atoms with Gasteiger partial charge in [0.2, 0.25) is 5.95 Å². The number of anilines is 1. The van der Waals surface area contributed by atoms with Crippen LogP contribution in [-0.4, -0.2) is 47.0 Å². The third kappa shape index (κ3) is 3.23. The molecule has 168 valence electrons. The third-order valence-corrected chi connectivity index (χ3v) is 9.87. The predicted octanol–water partition coefficient (Wildman–Crippen LogP) is 3.42. The molecule has 9 heteroatoms. The second kappa shape index (κ2) is 6.81. The topological polar surface area (TPSA) is 88.8 Å². The molecule has 0 radical (unpaired) electrons. The molecule has 0 unspecified atom stereocenters. The van der Waals surface area contributed by atoms with Gasteiger partial charge in [-0.15, -0.1) is 10.2 Å². The standard InChI is InChI=1S/C22H31N5O3S/c1-22(2)16-7-6-15(18(22)10-16)13-30-19-11-20-23-24-21(25-31(28,29)26-8-3-9-26)27(20)12-17(19)14-4-5-14/h11-12,14-16,18H,3-10,13H2,1-2H3,(H,24,25)/t15-,16+,18+/m1/s1. The third-order valence-electron chi connectivity index (χ3n) is 8.38. The molecule has 0 amide bonds. The maximum atomic E-state index is 12.5. The Morgan fingerprint density at radius 3 is 2.65 bits per heavy atom. The molecule has 1 N–H and O–H groups in total. The summed E-state index contributed by atoms with van der Waals surface area (Å²) in [6.07, 6.45) is 9.07. The average Bonchev–Trinajstić information content (AvgIpc) is 3.46. The Morgan fingerprint density at radius 1 is 1.19 bits per heavy atom. The van der Waals surface area contributed by atoms with Crippen LogP contribution in [0, 0.1) is 23.2 Å². The molecule has 2 aromatic heterocycles. The first kappa shape index (κ1) is 19.8. The smallest absolute Gasteiger partial charge is 0.303 e. The second-order valence-corrected chi connectivity index (χ2v) is 12.2. The van der Waals surface area contributed by atoms with Gasteiger partial charge < -0.3 is 4.74 Å². The number of aromatic nitrogens is 3. The van der Waals surface area contributed by atoms with Crippen molar-refractivity contribution in [1.29, 1.82) is 0 Å². The summed E-state index contributed by atoms with van der Waals surface area (Å²) in [5.41, 5.74) is 2.19. The van der Waals surface area contributed by atoms with Gasteiger partial charge in [-0.2, -0.15) is 12.7 Å². The van der Waals surface area contributed by atoms with Crippen LogP contribution in [0.1, 0.15) is 63.9 Å². The van der Waals surface area contributed by atoms with Crippen molar-refractivity contribution in [2.75, 3.05) is 24.4 Å². The van der Waals surface area contributed by atoms with E-state index in [1.54, 1.807) is 4.40 Å². The minimum atomic E-state index is -3.57. The number of nitrogens with zero attached hydrogens (tertiary/aromatic N) is 4. The summed E-state index contributed by atoms with van der Waals surface area (Å²) in [6, 6.07) is 1.93. The molecule has 5 fully saturated rings. The molecule has 31 heavy (non-hydrogen) atoms. The van der Waals surface area contributed by atoms with Crippen molar-refractivity contribution in [1.82, 2.24) is 18.9 Å². The molecule has 0 spiro atoms. The van der Waals surface area contributed by atoms with Gasteiger partial charge in [-0.25, -0.2) is 4.72 Å². The first-order valence-electron chi connectivity index (χ1n) is 11.6. The summed E-state index contributed by atoms with van der Waals surface area (Å²) in [4.78, 5) is 0. The highest BCUT2D eigenvalue weighted by Gasteiger charge is 2.54. The Hall–Kier alpha value is -1.87. The Morgan fingerprint density at radius 2 is 2.00 bits per heavy atom. The largest absolute Gasteiger partial charge is 0.493 e.